The standard InChI is InChI=1S/2C9H19N.CH4/c2*1-9(2,3)10-7-5-4-6-8-10;/h2*4-8H2,1-3H3;1H4. The van der Waals surface area contributed by atoms with Crippen LogP contribution < -0.4 is 0 Å². The van der Waals surface area contributed by atoms with Gasteiger partial charge < -0.3 is 0 Å². The Balaban J connectivity index is 0.000000364. The maximum atomic E-state index is 2.58. The van der Waals surface area contributed by atoms with E-state index in [0.717, 1.165) is 0 Å². The SMILES string of the molecule is C.CC(C)(C)N1CCCCC1.CC(C)(C)N1CCCCC1. The van der Waals surface area contributed by atoms with Crippen molar-refractivity contribution in [2.24, 2.45) is 0 Å². The summed E-state index contributed by atoms with van der Waals surface area (Å²) in [6.07, 6.45) is 8.47. The summed E-state index contributed by atoms with van der Waals surface area (Å²) in [5.41, 5.74) is 0.806. The molecule has 2 heterocycles. The van der Waals surface area contributed by atoms with E-state index < -0.39 is 0 Å². The van der Waals surface area contributed by atoms with Crippen LogP contribution in [0.15, 0.2) is 0 Å². The normalized spacial score (nSPS) is 22.0. The number of hydrogen-bond acceptors (Lipinski definition) is 2. The fourth-order valence-corrected chi connectivity index (χ4v) is 3.13. The van der Waals surface area contributed by atoms with Gasteiger partial charge in [0.2, 0.25) is 0 Å². The summed E-state index contributed by atoms with van der Waals surface area (Å²) in [6, 6.07) is 0. The summed E-state index contributed by atoms with van der Waals surface area (Å²) in [5, 5.41) is 0. The lowest BCUT2D eigenvalue weighted by molar-refractivity contribution is 0.110. The van der Waals surface area contributed by atoms with Gasteiger partial charge in [-0.1, -0.05) is 20.3 Å². The molecule has 0 aromatic carbocycles. The first kappa shape index (κ1) is 20.9. The van der Waals surface area contributed by atoms with Gasteiger partial charge in [0, 0.05) is 11.1 Å². The van der Waals surface area contributed by atoms with E-state index in [1.807, 2.05) is 0 Å². The van der Waals surface area contributed by atoms with E-state index in [1.54, 1.807) is 0 Å². The second-order valence-electron chi connectivity index (χ2n) is 8.44. The molecule has 0 spiro atoms. The Morgan fingerprint density at radius 3 is 0.857 bits per heavy atom. The summed E-state index contributed by atoms with van der Waals surface area (Å²) in [4.78, 5) is 5.16. The zero-order valence-electron chi connectivity index (χ0n) is 15.0. The average Bonchev–Trinajstić information content (AvgIpc) is 2.40. The smallest absolute Gasteiger partial charge is 0.0125 e. The van der Waals surface area contributed by atoms with E-state index >= 15 is 0 Å². The molecule has 0 aromatic rings. The van der Waals surface area contributed by atoms with E-state index in [9.17, 15) is 0 Å². The molecule has 0 amide bonds. The second-order valence-corrected chi connectivity index (χ2v) is 8.44. The molecule has 2 heteroatoms. The summed E-state index contributed by atoms with van der Waals surface area (Å²) in [6.45, 7) is 19.1. The maximum Gasteiger partial charge on any atom is 0.0125 e. The van der Waals surface area contributed by atoms with Gasteiger partial charge in [-0.05, 0) is 93.4 Å². The molecule has 0 saturated carbocycles. The van der Waals surface area contributed by atoms with Gasteiger partial charge in [-0.15, -0.1) is 0 Å². The third-order valence-electron chi connectivity index (χ3n) is 4.61. The molecule has 0 aromatic heterocycles. The highest BCUT2D eigenvalue weighted by atomic mass is 15.2. The van der Waals surface area contributed by atoms with E-state index in [2.05, 4.69) is 51.3 Å². The van der Waals surface area contributed by atoms with Gasteiger partial charge in [0.1, 0.15) is 0 Å². The highest BCUT2D eigenvalue weighted by molar-refractivity contribution is 4.79. The van der Waals surface area contributed by atoms with Gasteiger partial charge in [0.05, 0.1) is 0 Å². The largest absolute Gasteiger partial charge is 0.298 e. The topological polar surface area (TPSA) is 6.48 Å². The van der Waals surface area contributed by atoms with Crippen LogP contribution in [0.25, 0.3) is 0 Å². The molecule has 2 aliphatic rings. The molecule has 128 valence electrons. The van der Waals surface area contributed by atoms with Crippen LogP contribution >= 0.6 is 0 Å². The van der Waals surface area contributed by atoms with Crippen molar-refractivity contribution in [1.82, 2.24) is 9.80 Å². The second kappa shape index (κ2) is 9.15. The number of likely N-dealkylation sites (tertiary alicyclic amines) is 2. The number of rotatable bonds is 0. The molecule has 0 aliphatic carbocycles. The van der Waals surface area contributed by atoms with Crippen LogP contribution in [-0.2, 0) is 0 Å². The van der Waals surface area contributed by atoms with E-state index in [1.165, 1.54) is 64.7 Å². The molecule has 2 rings (SSSR count). The molecule has 2 saturated heterocycles. The quantitative estimate of drug-likeness (QED) is 0.608. The Labute approximate surface area is 135 Å². The lowest BCUT2D eigenvalue weighted by Gasteiger charge is -2.38. The van der Waals surface area contributed by atoms with Crippen molar-refractivity contribution < 1.29 is 0 Å². The molecule has 2 nitrogen and oxygen atoms in total. The lowest BCUT2D eigenvalue weighted by Crippen LogP contribution is -2.44. The van der Waals surface area contributed by atoms with Crippen LogP contribution in [-0.4, -0.2) is 47.1 Å². The molecule has 0 atom stereocenters. The van der Waals surface area contributed by atoms with Crippen LogP contribution in [0.4, 0.5) is 0 Å². The molecular weight excluding hydrogens is 256 g/mol. The first-order chi connectivity index (χ1) is 9.21. The van der Waals surface area contributed by atoms with Crippen molar-refractivity contribution >= 4 is 0 Å². The summed E-state index contributed by atoms with van der Waals surface area (Å²) < 4.78 is 0. The van der Waals surface area contributed by atoms with Crippen LogP contribution in [0.3, 0.4) is 0 Å². The fraction of sp³-hybridized carbons (Fsp3) is 1.00. The van der Waals surface area contributed by atoms with Gasteiger partial charge in [-0.2, -0.15) is 0 Å². The van der Waals surface area contributed by atoms with Gasteiger partial charge in [0.25, 0.3) is 0 Å². The molecule has 2 fully saturated rings. The van der Waals surface area contributed by atoms with E-state index in [-0.39, 0.29) is 7.43 Å². The van der Waals surface area contributed by atoms with Crippen molar-refractivity contribution in [3.8, 4) is 0 Å². The summed E-state index contributed by atoms with van der Waals surface area (Å²) in [7, 11) is 0. The Morgan fingerprint density at radius 1 is 0.476 bits per heavy atom. The van der Waals surface area contributed by atoms with Crippen molar-refractivity contribution in [1.29, 1.82) is 0 Å². The number of hydrogen-bond donors (Lipinski definition) is 0. The van der Waals surface area contributed by atoms with Crippen molar-refractivity contribution in [3.63, 3.8) is 0 Å². The van der Waals surface area contributed by atoms with Gasteiger partial charge >= 0.3 is 0 Å². The van der Waals surface area contributed by atoms with Gasteiger partial charge in [-0.25, -0.2) is 0 Å². The molecule has 2 aliphatic heterocycles. The molecular formula is C19H42N2. The lowest BCUT2D eigenvalue weighted by atomic mass is 10.0. The van der Waals surface area contributed by atoms with Crippen LogP contribution in [0.2, 0.25) is 0 Å². The highest BCUT2D eigenvalue weighted by Crippen LogP contribution is 2.19. The fourth-order valence-electron chi connectivity index (χ4n) is 3.13. The zero-order valence-corrected chi connectivity index (χ0v) is 15.0. The van der Waals surface area contributed by atoms with E-state index in [0.29, 0.717) is 11.1 Å². The van der Waals surface area contributed by atoms with E-state index in [4.69, 9.17) is 0 Å². The Hall–Kier alpha value is -0.0800. The van der Waals surface area contributed by atoms with Crippen molar-refractivity contribution in [3.05, 3.63) is 0 Å². The molecule has 0 radical (unpaired) electrons. The van der Waals surface area contributed by atoms with Crippen molar-refractivity contribution in [2.45, 2.75) is 98.6 Å². The minimum atomic E-state index is 0. The molecule has 0 bridgehead atoms. The molecule has 0 unspecified atom stereocenters. The highest BCUT2D eigenvalue weighted by Gasteiger charge is 2.22. The first-order valence-electron chi connectivity index (χ1n) is 8.71. The monoisotopic (exact) mass is 298 g/mol. The Bertz CT molecular complexity index is 220. The summed E-state index contributed by atoms with van der Waals surface area (Å²) in [5.74, 6) is 0. The Morgan fingerprint density at radius 2 is 0.714 bits per heavy atom. The average molecular weight is 299 g/mol. The third kappa shape index (κ3) is 8.21. The number of nitrogens with zero attached hydrogens (tertiary/aromatic N) is 2. The molecule has 0 N–H and O–H groups in total. The van der Waals surface area contributed by atoms with Gasteiger partial charge in [0.15, 0.2) is 0 Å². The van der Waals surface area contributed by atoms with Gasteiger partial charge in [-0.3, -0.25) is 9.80 Å². The summed E-state index contributed by atoms with van der Waals surface area (Å²) >= 11 is 0. The predicted octanol–water partition coefficient (Wildman–Crippen LogP) is 5.18. The van der Waals surface area contributed by atoms with Crippen LogP contribution in [0.1, 0.15) is 87.5 Å². The molecule has 21 heavy (non-hydrogen) atoms. The third-order valence-corrected chi connectivity index (χ3v) is 4.61. The van der Waals surface area contributed by atoms with Crippen LogP contribution in [0.5, 0.6) is 0 Å². The minimum absolute atomic E-state index is 0. The van der Waals surface area contributed by atoms with Crippen LogP contribution in [0, 0.1) is 0 Å². The first-order valence-corrected chi connectivity index (χ1v) is 8.71. The number of piperidine rings is 2. The Kier molecular flexibility index (Phi) is 9.11. The van der Waals surface area contributed by atoms with Crippen molar-refractivity contribution in [2.75, 3.05) is 26.2 Å². The maximum absolute atomic E-state index is 2.58. The zero-order chi connectivity index (χ0) is 15.2. The predicted molar refractivity (Wildman–Crippen MR) is 97.1 cm³/mol. The minimum Gasteiger partial charge on any atom is -0.298 e.